The minimum absolute atomic E-state index is 0.00954. The standard InChI is InChI=1S/C13H15BrN2O5/c1-21-8-2-3-9(14)10(5-8)15-13(20)16-6-7(17)4-11(16)12(18)19/h2-3,5,7,11,17H,4,6H2,1H3,(H,15,20)(H,18,19)/t7-,11-/m0/s1. The van der Waals surface area contributed by atoms with Crippen LogP contribution in [0.2, 0.25) is 0 Å². The summed E-state index contributed by atoms with van der Waals surface area (Å²) in [6.07, 6.45) is -0.798. The molecule has 0 unspecified atom stereocenters. The number of methoxy groups -OCH3 is 1. The third kappa shape index (κ3) is 3.45. The van der Waals surface area contributed by atoms with Gasteiger partial charge in [-0.25, -0.2) is 9.59 Å². The Morgan fingerprint density at radius 2 is 2.19 bits per heavy atom. The molecule has 0 spiro atoms. The number of nitrogens with zero attached hydrogens (tertiary/aromatic N) is 1. The number of aliphatic hydroxyl groups excluding tert-OH is 1. The van der Waals surface area contributed by atoms with Crippen LogP contribution in [0.5, 0.6) is 5.75 Å². The van der Waals surface area contributed by atoms with Gasteiger partial charge in [0.15, 0.2) is 0 Å². The fourth-order valence-corrected chi connectivity index (χ4v) is 2.53. The van der Waals surface area contributed by atoms with E-state index in [9.17, 15) is 14.7 Å². The molecule has 1 aliphatic rings. The fraction of sp³-hybridized carbons (Fsp3) is 0.385. The van der Waals surface area contributed by atoms with Crippen molar-refractivity contribution in [2.24, 2.45) is 0 Å². The van der Waals surface area contributed by atoms with Crippen LogP contribution in [0.3, 0.4) is 0 Å². The molecule has 0 saturated carbocycles. The van der Waals surface area contributed by atoms with Gasteiger partial charge in [0, 0.05) is 23.5 Å². The highest BCUT2D eigenvalue weighted by atomic mass is 79.9. The molecule has 1 aliphatic heterocycles. The minimum Gasteiger partial charge on any atom is -0.497 e. The maximum atomic E-state index is 12.2. The van der Waals surface area contributed by atoms with Gasteiger partial charge in [0.05, 0.1) is 18.9 Å². The predicted molar refractivity (Wildman–Crippen MR) is 78.5 cm³/mol. The lowest BCUT2D eigenvalue weighted by Crippen LogP contribution is -2.43. The average Bonchev–Trinajstić information content (AvgIpc) is 2.83. The monoisotopic (exact) mass is 358 g/mol. The van der Waals surface area contributed by atoms with Crippen LogP contribution >= 0.6 is 15.9 Å². The number of likely N-dealkylation sites (tertiary alicyclic amines) is 1. The van der Waals surface area contributed by atoms with Gasteiger partial charge in [0.25, 0.3) is 0 Å². The van der Waals surface area contributed by atoms with Gasteiger partial charge in [-0.2, -0.15) is 0 Å². The van der Waals surface area contributed by atoms with E-state index in [4.69, 9.17) is 9.84 Å². The van der Waals surface area contributed by atoms with E-state index in [1.807, 2.05) is 0 Å². The molecule has 7 nitrogen and oxygen atoms in total. The van der Waals surface area contributed by atoms with E-state index in [0.717, 1.165) is 4.90 Å². The molecule has 2 atom stereocenters. The molecule has 8 heteroatoms. The predicted octanol–water partition coefficient (Wildman–Crippen LogP) is 1.51. The second-order valence-electron chi connectivity index (χ2n) is 4.67. The van der Waals surface area contributed by atoms with Crippen LogP contribution in [0.1, 0.15) is 6.42 Å². The molecule has 0 aromatic heterocycles. The van der Waals surface area contributed by atoms with Crippen molar-refractivity contribution in [2.45, 2.75) is 18.6 Å². The lowest BCUT2D eigenvalue weighted by Gasteiger charge is -2.22. The maximum Gasteiger partial charge on any atom is 0.326 e. The van der Waals surface area contributed by atoms with Crippen molar-refractivity contribution in [3.05, 3.63) is 22.7 Å². The number of aliphatic hydroxyl groups is 1. The zero-order valence-corrected chi connectivity index (χ0v) is 12.8. The quantitative estimate of drug-likeness (QED) is 0.760. The van der Waals surface area contributed by atoms with Crippen molar-refractivity contribution >= 4 is 33.6 Å². The lowest BCUT2D eigenvalue weighted by atomic mass is 10.2. The van der Waals surface area contributed by atoms with Crippen molar-refractivity contribution in [3.63, 3.8) is 0 Å². The first kappa shape index (κ1) is 15.6. The van der Waals surface area contributed by atoms with Crippen molar-refractivity contribution in [2.75, 3.05) is 19.0 Å². The first-order valence-electron chi connectivity index (χ1n) is 6.24. The van der Waals surface area contributed by atoms with Gasteiger partial charge in [-0.05, 0) is 28.1 Å². The van der Waals surface area contributed by atoms with Crippen molar-refractivity contribution in [3.8, 4) is 5.75 Å². The summed E-state index contributed by atoms with van der Waals surface area (Å²) < 4.78 is 5.72. The number of carbonyl (C=O) groups excluding carboxylic acids is 1. The molecule has 1 saturated heterocycles. The number of anilines is 1. The topological polar surface area (TPSA) is 99.1 Å². The van der Waals surface area contributed by atoms with Gasteiger partial charge >= 0.3 is 12.0 Å². The number of β-amino-alcohol motifs (C(OH)–C–C–N with tert-alkyl or cyclic N) is 1. The van der Waals surface area contributed by atoms with E-state index in [1.54, 1.807) is 18.2 Å². The van der Waals surface area contributed by atoms with Crippen LogP contribution in [-0.2, 0) is 4.79 Å². The summed E-state index contributed by atoms with van der Waals surface area (Å²) in [6.45, 7) is -0.00954. The van der Waals surface area contributed by atoms with Crippen molar-refractivity contribution in [1.82, 2.24) is 4.90 Å². The van der Waals surface area contributed by atoms with Crippen LogP contribution < -0.4 is 10.1 Å². The molecule has 2 amide bonds. The number of rotatable bonds is 3. The summed E-state index contributed by atoms with van der Waals surface area (Å²) in [6, 6.07) is 3.45. The van der Waals surface area contributed by atoms with Crippen LogP contribution in [-0.4, -0.2) is 52.9 Å². The SMILES string of the molecule is COc1ccc(Br)c(NC(=O)N2C[C@@H](O)C[C@H]2C(=O)O)c1. The third-order valence-electron chi connectivity index (χ3n) is 3.24. The van der Waals surface area contributed by atoms with Gasteiger partial charge in [0.1, 0.15) is 11.8 Å². The summed E-state index contributed by atoms with van der Waals surface area (Å²) in [5, 5.41) is 21.3. The molecule has 2 rings (SSSR count). The van der Waals surface area contributed by atoms with Gasteiger partial charge in [-0.1, -0.05) is 0 Å². The van der Waals surface area contributed by atoms with Gasteiger partial charge in [0.2, 0.25) is 0 Å². The van der Waals surface area contributed by atoms with E-state index in [2.05, 4.69) is 21.2 Å². The molecular weight excluding hydrogens is 344 g/mol. The largest absolute Gasteiger partial charge is 0.497 e. The van der Waals surface area contributed by atoms with E-state index < -0.39 is 24.1 Å². The van der Waals surface area contributed by atoms with Gasteiger partial charge in [-0.15, -0.1) is 0 Å². The number of benzene rings is 1. The Bertz CT molecular complexity index is 565. The minimum atomic E-state index is -1.13. The van der Waals surface area contributed by atoms with E-state index in [-0.39, 0.29) is 13.0 Å². The van der Waals surface area contributed by atoms with E-state index >= 15 is 0 Å². The number of carbonyl (C=O) groups is 2. The van der Waals surface area contributed by atoms with Crippen LogP contribution in [0.15, 0.2) is 22.7 Å². The summed E-state index contributed by atoms with van der Waals surface area (Å²) in [7, 11) is 1.51. The van der Waals surface area contributed by atoms with E-state index in [1.165, 1.54) is 7.11 Å². The number of aliphatic carboxylic acids is 1. The molecule has 114 valence electrons. The number of carboxylic acid groups (broad SMARTS) is 1. The normalized spacial score (nSPS) is 21.2. The summed E-state index contributed by atoms with van der Waals surface area (Å²) in [5.41, 5.74) is 0.463. The number of hydrogen-bond donors (Lipinski definition) is 3. The Labute approximate surface area is 129 Å². The second-order valence-corrected chi connectivity index (χ2v) is 5.53. The number of hydrogen-bond acceptors (Lipinski definition) is 4. The zero-order valence-electron chi connectivity index (χ0n) is 11.2. The summed E-state index contributed by atoms with van der Waals surface area (Å²) in [5.74, 6) is -0.573. The highest BCUT2D eigenvalue weighted by Crippen LogP contribution is 2.28. The first-order valence-corrected chi connectivity index (χ1v) is 7.03. The Morgan fingerprint density at radius 3 is 2.81 bits per heavy atom. The first-order chi connectivity index (χ1) is 9.92. The Morgan fingerprint density at radius 1 is 1.48 bits per heavy atom. The number of amides is 2. The highest BCUT2D eigenvalue weighted by Gasteiger charge is 2.39. The zero-order chi connectivity index (χ0) is 15.6. The molecule has 21 heavy (non-hydrogen) atoms. The molecule has 3 N–H and O–H groups in total. The Hall–Kier alpha value is -1.80. The van der Waals surface area contributed by atoms with Gasteiger partial charge < -0.3 is 25.2 Å². The molecule has 1 aromatic carbocycles. The summed E-state index contributed by atoms with van der Waals surface area (Å²) >= 11 is 3.30. The molecule has 1 aromatic rings. The number of halogens is 1. The van der Waals surface area contributed by atoms with Crippen LogP contribution in [0.25, 0.3) is 0 Å². The Balaban J connectivity index is 2.16. The van der Waals surface area contributed by atoms with Crippen LogP contribution in [0.4, 0.5) is 10.5 Å². The number of ether oxygens (including phenoxy) is 1. The van der Waals surface area contributed by atoms with Crippen molar-refractivity contribution in [1.29, 1.82) is 0 Å². The number of urea groups is 1. The number of carboxylic acids is 1. The maximum absolute atomic E-state index is 12.2. The van der Waals surface area contributed by atoms with E-state index in [0.29, 0.717) is 15.9 Å². The fourth-order valence-electron chi connectivity index (χ4n) is 2.19. The molecule has 0 radical (unpaired) electrons. The number of nitrogens with one attached hydrogen (secondary N) is 1. The summed E-state index contributed by atoms with van der Waals surface area (Å²) in [4.78, 5) is 24.4. The smallest absolute Gasteiger partial charge is 0.326 e. The van der Waals surface area contributed by atoms with Gasteiger partial charge in [-0.3, -0.25) is 0 Å². The second kappa shape index (κ2) is 6.31. The van der Waals surface area contributed by atoms with Crippen LogP contribution in [0, 0.1) is 0 Å². The Kier molecular flexibility index (Phi) is 4.69. The molecular formula is C13H15BrN2O5. The highest BCUT2D eigenvalue weighted by molar-refractivity contribution is 9.10. The molecule has 0 aliphatic carbocycles. The average molecular weight is 359 g/mol. The molecule has 1 heterocycles. The third-order valence-corrected chi connectivity index (χ3v) is 3.93. The molecule has 0 bridgehead atoms. The molecule has 1 fully saturated rings. The lowest BCUT2D eigenvalue weighted by molar-refractivity contribution is -0.141. The van der Waals surface area contributed by atoms with Crippen molar-refractivity contribution < 1.29 is 24.5 Å².